The molecule has 1 aliphatic heterocycles. The number of nitrogens with one attached hydrogen (secondary N) is 1. The Morgan fingerprint density at radius 2 is 1.68 bits per heavy atom. The number of carbonyl (C=O) groups is 1. The van der Waals surface area contributed by atoms with E-state index in [1.54, 1.807) is 7.11 Å². The lowest BCUT2D eigenvalue weighted by Crippen LogP contribution is -2.39. The second-order valence-electron chi connectivity index (χ2n) is 6.04. The molecule has 25 heavy (non-hydrogen) atoms. The molecule has 1 saturated carbocycles. The van der Waals surface area contributed by atoms with Crippen LogP contribution in [-0.4, -0.2) is 33.1 Å². The minimum atomic E-state index is -0.242. The van der Waals surface area contributed by atoms with Crippen LogP contribution in [0.5, 0.6) is 11.5 Å². The standard InChI is InChI=1S/C15H16O3.C2H7N.2C2H6/c1-17-11-7-5-9-3-2-8-4-6-10(16)14-12(8)13(9)15(11)18-14;1-3-2;2*1-2/h5,7-8,12,14H,2-4,6H2,1H3;3H,1-2H3;2*1-2H3. The van der Waals surface area contributed by atoms with Gasteiger partial charge in [-0.25, -0.2) is 0 Å². The third-order valence-corrected chi connectivity index (χ3v) is 4.75. The summed E-state index contributed by atoms with van der Waals surface area (Å²) in [5.74, 6) is 2.79. The van der Waals surface area contributed by atoms with Gasteiger partial charge in [-0.3, -0.25) is 4.79 Å². The van der Waals surface area contributed by atoms with Crippen LogP contribution in [0.4, 0.5) is 0 Å². The summed E-state index contributed by atoms with van der Waals surface area (Å²) >= 11 is 0. The molecule has 2 aliphatic carbocycles. The smallest absolute Gasteiger partial charge is 0.173 e. The fraction of sp³-hybridized carbons (Fsp3) is 0.667. The largest absolute Gasteiger partial charge is 0.493 e. The number of hydrogen-bond acceptors (Lipinski definition) is 4. The molecule has 3 atom stereocenters. The van der Waals surface area contributed by atoms with E-state index in [9.17, 15) is 4.79 Å². The van der Waals surface area contributed by atoms with E-state index in [0.29, 0.717) is 18.3 Å². The number of Topliss-reactive ketones (excluding diaryl/α,β-unsaturated/α-hetero) is 1. The average Bonchev–Trinajstić information content (AvgIpc) is 3.08. The third-order valence-electron chi connectivity index (χ3n) is 4.75. The van der Waals surface area contributed by atoms with Crippen molar-refractivity contribution >= 4 is 5.78 Å². The molecule has 4 heteroatoms. The van der Waals surface area contributed by atoms with Crippen molar-refractivity contribution < 1.29 is 14.3 Å². The Labute approximate surface area is 153 Å². The van der Waals surface area contributed by atoms with Gasteiger partial charge in [0.25, 0.3) is 0 Å². The van der Waals surface area contributed by atoms with Crippen molar-refractivity contribution in [3.05, 3.63) is 23.3 Å². The highest BCUT2D eigenvalue weighted by atomic mass is 16.5. The molecule has 3 aliphatic rings. The Morgan fingerprint density at radius 1 is 1.08 bits per heavy atom. The number of ketones is 1. The average molecular weight is 350 g/mol. The van der Waals surface area contributed by atoms with Gasteiger partial charge in [0.1, 0.15) is 0 Å². The molecule has 1 N–H and O–H groups in total. The number of aryl methyl sites for hydroxylation is 1. The Kier molecular flexibility index (Phi) is 8.98. The maximum atomic E-state index is 12.1. The van der Waals surface area contributed by atoms with Gasteiger partial charge in [0.05, 0.1) is 7.11 Å². The van der Waals surface area contributed by atoms with Crippen LogP contribution >= 0.6 is 0 Å². The van der Waals surface area contributed by atoms with Crippen molar-refractivity contribution in [1.29, 1.82) is 0 Å². The van der Waals surface area contributed by atoms with Crippen molar-refractivity contribution in [1.82, 2.24) is 5.32 Å². The minimum absolute atomic E-state index is 0.242. The summed E-state index contributed by atoms with van der Waals surface area (Å²) in [5.41, 5.74) is 2.62. The Morgan fingerprint density at radius 3 is 2.28 bits per heavy atom. The molecule has 0 amide bonds. The van der Waals surface area contributed by atoms with Crippen molar-refractivity contribution in [2.24, 2.45) is 5.92 Å². The topological polar surface area (TPSA) is 47.6 Å². The fourth-order valence-electron chi connectivity index (χ4n) is 3.90. The summed E-state index contributed by atoms with van der Waals surface area (Å²) in [7, 11) is 5.41. The lowest BCUT2D eigenvalue weighted by atomic mass is 9.67. The van der Waals surface area contributed by atoms with Crippen LogP contribution in [0.1, 0.15) is 64.0 Å². The summed E-state index contributed by atoms with van der Waals surface area (Å²) in [6.45, 7) is 8.00. The second kappa shape index (κ2) is 10.4. The molecule has 0 aromatic heterocycles. The van der Waals surface area contributed by atoms with E-state index in [-0.39, 0.29) is 11.9 Å². The summed E-state index contributed by atoms with van der Waals surface area (Å²) in [6, 6.07) is 4.11. The molecule has 4 nitrogen and oxygen atoms in total. The lowest BCUT2D eigenvalue weighted by Gasteiger charge is -2.35. The third kappa shape index (κ3) is 4.17. The summed E-state index contributed by atoms with van der Waals surface area (Å²) in [6.07, 6.45) is 3.76. The van der Waals surface area contributed by atoms with E-state index < -0.39 is 0 Å². The van der Waals surface area contributed by atoms with Crippen molar-refractivity contribution in [3.8, 4) is 11.5 Å². The van der Waals surface area contributed by atoms with E-state index in [4.69, 9.17) is 9.47 Å². The zero-order valence-electron chi connectivity index (χ0n) is 16.9. The molecule has 1 heterocycles. The number of hydrogen-bond donors (Lipinski definition) is 1. The van der Waals surface area contributed by atoms with Crippen LogP contribution in [-0.2, 0) is 11.2 Å². The molecule has 0 spiro atoms. The summed E-state index contributed by atoms with van der Waals surface area (Å²) in [4.78, 5) is 12.1. The number of rotatable bonds is 1. The Balaban J connectivity index is 0.000000397. The number of carbonyl (C=O) groups excluding carboxylic acids is 1. The molecule has 142 valence electrons. The van der Waals surface area contributed by atoms with Gasteiger partial charge in [0.2, 0.25) is 0 Å². The van der Waals surface area contributed by atoms with Gasteiger partial charge in [0, 0.05) is 17.9 Å². The van der Waals surface area contributed by atoms with Gasteiger partial charge in [-0.1, -0.05) is 33.8 Å². The van der Waals surface area contributed by atoms with Crippen molar-refractivity contribution in [3.63, 3.8) is 0 Å². The highest BCUT2D eigenvalue weighted by Crippen LogP contribution is 2.55. The number of methoxy groups -OCH3 is 1. The highest BCUT2D eigenvalue weighted by molar-refractivity contribution is 5.87. The fourth-order valence-corrected chi connectivity index (χ4v) is 3.90. The van der Waals surface area contributed by atoms with E-state index in [1.165, 1.54) is 17.5 Å². The summed E-state index contributed by atoms with van der Waals surface area (Å²) < 4.78 is 11.3. The van der Waals surface area contributed by atoms with Crippen molar-refractivity contribution in [2.45, 2.75) is 65.4 Å². The predicted octanol–water partition coefficient (Wildman–Crippen LogP) is 4.35. The van der Waals surface area contributed by atoms with E-state index in [0.717, 1.165) is 24.3 Å². The predicted molar refractivity (Wildman–Crippen MR) is 104 cm³/mol. The lowest BCUT2D eigenvalue weighted by molar-refractivity contribution is -0.129. The van der Waals surface area contributed by atoms with Crippen LogP contribution in [0, 0.1) is 5.92 Å². The van der Waals surface area contributed by atoms with Crippen LogP contribution < -0.4 is 14.8 Å². The maximum Gasteiger partial charge on any atom is 0.173 e. The first-order valence-corrected chi connectivity index (χ1v) is 9.68. The van der Waals surface area contributed by atoms with Crippen LogP contribution in [0.3, 0.4) is 0 Å². The van der Waals surface area contributed by atoms with Gasteiger partial charge < -0.3 is 14.8 Å². The molecule has 0 bridgehead atoms. The monoisotopic (exact) mass is 349 g/mol. The molecule has 3 unspecified atom stereocenters. The van der Waals surface area contributed by atoms with E-state index in [2.05, 4.69) is 11.4 Å². The van der Waals surface area contributed by atoms with Gasteiger partial charge in [-0.2, -0.15) is 0 Å². The first-order valence-electron chi connectivity index (χ1n) is 9.68. The van der Waals surface area contributed by atoms with Crippen molar-refractivity contribution in [2.75, 3.05) is 21.2 Å². The Bertz CT molecular complexity index is 556. The van der Waals surface area contributed by atoms with Crippen LogP contribution in [0.15, 0.2) is 12.1 Å². The molecule has 0 radical (unpaired) electrons. The zero-order valence-corrected chi connectivity index (χ0v) is 16.9. The number of ether oxygens (including phenoxy) is 2. The minimum Gasteiger partial charge on any atom is -0.493 e. The van der Waals surface area contributed by atoms with Gasteiger partial charge >= 0.3 is 0 Å². The van der Waals surface area contributed by atoms with Gasteiger partial charge in [-0.15, -0.1) is 0 Å². The zero-order chi connectivity index (χ0) is 19.0. The molecule has 4 rings (SSSR count). The summed E-state index contributed by atoms with van der Waals surface area (Å²) in [5, 5.41) is 2.75. The maximum absolute atomic E-state index is 12.1. The van der Waals surface area contributed by atoms with Gasteiger partial charge in [-0.05, 0) is 50.9 Å². The number of benzene rings is 1. The first-order chi connectivity index (χ1) is 12.2. The van der Waals surface area contributed by atoms with Gasteiger partial charge in [0.15, 0.2) is 23.4 Å². The molecular formula is C21H35NO3. The van der Waals surface area contributed by atoms with Crippen LogP contribution in [0.2, 0.25) is 0 Å². The molecule has 1 aromatic rings. The first kappa shape index (κ1) is 21.5. The highest BCUT2D eigenvalue weighted by Gasteiger charge is 2.50. The quantitative estimate of drug-likeness (QED) is 0.819. The van der Waals surface area contributed by atoms with E-state index in [1.807, 2.05) is 47.9 Å². The molecule has 1 aromatic carbocycles. The molecular weight excluding hydrogens is 314 g/mol. The Hall–Kier alpha value is -1.55. The second-order valence-corrected chi connectivity index (χ2v) is 6.04. The van der Waals surface area contributed by atoms with E-state index >= 15 is 0 Å². The SMILES string of the molecule is CC.CC.CNC.COc1ccc2c3c1OC1C(=O)CCC(CC2)C31. The molecule has 1 fully saturated rings. The van der Waals surface area contributed by atoms with Crippen LogP contribution in [0.25, 0.3) is 0 Å². The normalized spacial score (nSPS) is 24.1. The molecule has 0 saturated heterocycles.